The summed E-state index contributed by atoms with van der Waals surface area (Å²) in [6, 6.07) is 0. The molecule has 4 heteroatoms. The largest absolute Gasteiger partial charge is 0.338 e. The van der Waals surface area contributed by atoms with Crippen LogP contribution in [0.2, 0.25) is 0 Å². The summed E-state index contributed by atoms with van der Waals surface area (Å²) >= 11 is 2.10. The molecule has 2 rings (SSSR count). The van der Waals surface area contributed by atoms with E-state index in [0.717, 1.165) is 15.6 Å². The fourth-order valence-corrected chi connectivity index (χ4v) is 2.92. The van der Waals surface area contributed by atoms with Crippen molar-refractivity contribution in [3.05, 3.63) is 9.72 Å². The van der Waals surface area contributed by atoms with Crippen LogP contribution in [0.3, 0.4) is 0 Å². The Balaban J connectivity index is 1.95. The van der Waals surface area contributed by atoms with Gasteiger partial charge in [0.05, 0.1) is 0 Å². The van der Waals surface area contributed by atoms with Crippen molar-refractivity contribution < 1.29 is 4.52 Å². The molecule has 3 nitrogen and oxygen atoms in total. The molecule has 0 N–H and O–H groups in total. The van der Waals surface area contributed by atoms with Crippen molar-refractivity contribution in [1.82, 2.24) is 10.1 Å². The minimum absolute atomic E-state index is 0.439. The molecule has 1 aliphatic carbocycles. The molecule has 1 saturated carbocycles. The SMILES string of the molecule is CC(C)(C)C1CCC(c2nc(I)no2)CC1. The maximum atomic E-state index is 5.26. The second-order valence-corrected chi connectivity index (χ2v) is 6.78. The van der Waals surface area contributed by atoms with Crippen LogP contribution >= 0.6 is 22.6 Å². The highest BCUT2D eigenvalue weighted by atomic mass is 127. The minimum Gasteiger partial charge on any atom is -0.338 e. The Morgan fingerprint density at radius 2 is 1.81 bits per heavy atom. The van der Waals surface area contributed by atoms with E-state index in [2.05, 4.69) is 53.5 Å². The van der Waals surface area contributed by atoms with Crippen LogP contribution in [-0.2, 0) is 0 Å². The van der Waals surface area contributed by atoms with Crippen molar-refractivity contribution in [2.24, 2.45) is 11.3 Å². The highest BCUT2D eigenvalue weighted by molar-refractivity contribution is 14.1. The predicted molar refractivity (Wildman–Crippen MR) is 71.2 cm³/mol. The van der Waals surface area contributed by atoms with Crippen molar-refractivity contribution in [2.75, 3.05) is 0 Å². The van der Waals surface area contributed by atoms with Crippen LogP contribution < -0.4 is 0 Å². The summed E-state index contributed by atoms with van der Waals surface area (Å²) in [5.41, 5.74) is 0.439. The second kappa shape index (κ2) is 4.63. The van der Waals surface area contributed by atoms with Crippen LogP contribution in [0.4, 0.5) is 0 Å². The zero-order chi connectivity index (χ0) is 11.8. The van der Waals surface area contributed by atoms with Gasteiger partial charge in [-0.2, -0.15) is 4.98 Å². The quantitative estimate of drug-likeness (QED) is 0.729. The van der Waals surface area contributed by atoms with E-state index in [4.69, 9.17) is 4.52 Å². The molecular formula is C12H19IN2O. The third-order valence-electron chi connectivity index (χ3n) is 3.72. The van der Waals surface area contributed by atoms with Gasteiger partial charge in [0.25, 0.3) is 0 Å². The molecule has 90 valence electrons. The van der Waals surface area contributed by atoms with Gasteiger partial charge in [-0.15, -0.1) is 0 Å². The van der Waals surface area contributed by atoms with Crippen LogP contribution in [0.5, 0.6) is 0 Å². The lowest BCUT2D eigenvalue weighted by molar-refractivity contribution is 0.159. The highest BCUT2D eigenvalue weighted by Crippen LogP contribution is 2.42. The van der Waals surface area contributed by atoms with Crippen molar-refractivity contribution >= 4 is 22.6 Å². The molecular weight excluding hydrogens is 315 g/mol. The zero-order valence-electron chi connectivity index (χ0n) is 10.2. The average molecular weight is 334 g/mol. The van der Waals surface area contributed by atoms with Crippen LogP contribution in [0.15, 0.2) is 4.52 Å². The van der Waals surface area contributed by atoms with E-state index in [-0.39, 0.29) is 0 Å². The van der Waals surface area contributed by atoms with Gasteiger partial charge < -0.3 is 4.52 Å². The van der Waals surface area contributed by atoms with Crippen molar-refractivity contribution in [2.45, 2.75) is 52.4 Å². The fourth-order valence-electron chi connectivity index (χ4n) is 2.59. The van der Waals surface area contributed by atoms with E-state index < -0.39 is 0 Å². The number of aromatic nitrogens is 2. The summed E-state index contributed by atoms with van der Waals surface area (Å²) in [5.74, 6) is 2.18. The van der Waals surface area contributed by atoms with Crippen LogP contribution in [-0.4, -0.2) is 10.1 Å². The Morgan fingerprint density at radius 3 is 2.25 bits per heavy atom. The third-order valence-corrected chi connectivity index (χ3v) is 4.16. The lowest BCUT2D eigenvalue weighted by Gasteiger charge is -2.35. The van der Waals surface area contributed by atoms with E-state index in [1.165, 1.54) is 25.7 Å². The van der Waals surface area contributed by atoms with E-state index in [0.29, 0.717) is 11.3 Å². The lowest BCUT2D eigenvalue weighted by atomic mass is 9.70. The molecule has 0 spiro atoms. The number of rotatable bonds is 1. The van der Waals surface area contributed by atoms with E-state index in [1.807, 2.05) is 0 Å². The Labute approximate surface area is 111 Å². The smallest absolute Gasteiger partial charge is 0.232 e. The van der Waals surface area contributed by atoms with E-state index in [1.54, 1.807) is 0 Å². The minimum atomic E-state index is 0.439. The molecule has 1 aromatic rings. The van der Waals surface area contributed by atoms with Gasteiger partial charge in [-0.05, 0) is 37.0 Å². The first-order valence-corrected chi connectivity index (χ1v) is 7.04. The molecule has 1 aromatic heterocycles. The maximum absolute atomic E-state index is 5.26. The molecule has 0 aliphatic heterocycles. The normalized spacial score (nSPS) is 27.0. The van der Waals surface area contributed by atoms with Gasteiger partial charge in [0.1, 0.15) is 0 Å². The van der Waals surface area contributed by atoms with Crippen molar-refractivity contribution in [1.29, 1.82) is 0 Å². The number of hydrogen-bond acceptors (Lipinski definition) is 3. The number of hydrogen-bond donors (Lipinski definition) is 0. The van der Waals surface area contributed by atoms with Gasteiger partial charge in [0, 0.05) is 28.5 Å². The molecule has 16 heavy (non-hydrogen) atoms. The Bertz CT molecular complexity index is 348. The average Bonchev–Trinajstić information content (AvgIpc) is 2.64. The highest BCUT2D eigenvalue weighted by Gasteiger charge is 2.32. The van der Waals surface area contributed by atoms with Crippen LogP contribution in [0.25, 0.3) is 0 Å². The molecule has 0 atom stereocenters. The van der Waals surface area contributed by atoms with Crippen LogP contribution in [0, 0.1) is 15.2 Å². The monoisotopic (exact) mass is 334 g/mol. The standard InChI is InChI=1S/C12H19IN2O/c1-12(2,3)9-6-4-8(5-7-9)10-14-11(13)15-16-10/h8-9H,4-7H2,1-3H3. The first-order valence-electron chi connectivity index (χ1n) is 5.96. The van der Waals surface area contributed by atoms with Gasteiger partial charge >= 0.3 is 0 Å². The summed E-state index contributed by atoms with van der Waals surface area (Å²) in [6.07, 6.45) is 4.96. The molecule has 0 unspecified atom stereocenters. The topological polar surface area (TPSA) is 38.9 Å². The Morgan fingerprint density at radius 1 is 1.19 bits per heavy atom. The number of halogens is 1. The Hall–Kier alpha value is -0.130. The van der Waals surface area contributed by atoms with Crippen LogP contribution in [0.1, 0.15) is 58.3 Å². The molecule has 1 aliphatic rings. The molecule has 0 amide bonds. The molecule has 0 bridgehead atoms. The predicted octanol–water partition coefficient (Wildman–Crippen LogP) is 3.99. The molecule has 0 aromatic carbocycles. The Kier molecular flexibility index (Phi) is 3.56. The molecule has 0 saturated heterocycles. The van der Waals surface area contributed by atoms with Gasteiger partial charge in [-0.25, -0.2) is 0 Å². The molecule has 1 fully saturated rings. The van der Waals surface area contributed by atoms with Gasteiger partial charge in [-0.3, -0.25) is 0 Å². The summed E-state index contributed by atoms with van der Waals surface area (Å²) in [4.78, 5) is 4.33. The van der Waals surface area contributed by atoms with Gasteiger partial charge in [0.15, 0.2) is 0 Å². The van der Waals surface area contributed by atoms with Crippen molar-refractivity contribution in [3.63, 3.8) is 0 Å². The summed E-state index contributed by atoms with van der Waals surface area (Å²) < 4.78 is 5.98. The summed E-state index contributed by atoms with van der Waals surface area (Å²) in [5, 5.41) is 3.86. The molecule has 0 radical (unpaired) electrons. The summed E-state index contributed by atoms with van der Waals surface area (Å²) in [6.45, 7) is 7.02. The van der Waals surface area contributed by atoms with E-state index in [9.17, 15) is 0 Å². The maximum Gasteiger partial charge on any atom is 0.232 e. The van der Waals surface area contributed by atoms with Crippen molar-refractivity contribution in [3.8, 4) is 0 Å². The second-order valence-electron chi connectivity index (χ2n) is 5.82. The third kappa shape index (κ3) is 2.76. The first kappa shape index (κ1) is 12.3. The number of nitrogens with zero attached hydrogens (tertiary/aromatic N) is 2. The fraction of sp³-hybridized carbons (Fsp3) is 0.833. The molecule has 1 heterocycles. The van der Waals surface area contributed by atoms with E-state index >= 15 is 0 Å². The van der Waals surface area contributed by atoms with Gasteiger partial charge in [-0.1, -0.05) is 25.9 Å². The van der Waals surface area contributed by atoms with Gasteiger partial charge in [0.2, 0.25) is 9.72 Å². The zero-order valence-corrected chi connectivity index (χ0v) is 12.3. The lowest BCUT2D eigenvalue weighted by Crippen LogP contribution is -2.25. The first-order chi connectivity index (χ1) is 7.47. The summed E-state index contributed by atoms with van der Waals surface area (Å²) in [7, 11) is 0.